The van der Waals surface area contributed by atoms with Crippen LogP contribution in [0.25, 0.3) is 0 Å². The molecule has 1 aliphatic rings. The van der Waals surface area contributed by atoms with Crippen molar-refractivity contribution >= 4 is 17.7 Å². The SMILES string of the molecule is CCCCCCCC(=O)/C=C/[C@H]1C(OC(C)=O)CC(O)[C@@H]1C/C=C/CCCC(=O)OCCN(CC)CC. The maximum absolute atomic E-state index is 12.4. The van der Waals surface area contributed by atoms with Crippen LogP contribution in [0.3, 0.4) is 0 Å². The number of ketones is 1. The first-order valence-electron chi connectivity index (χ1n) is 14.4. The van der Waals surface area contributed by atoms with E-state index in [9.17, 15) is 19.5 Å². The molecule has 0 saturated heterocycles. The molecule has 0 aromatic rings. The Kier molecular flexibility index (Phi) is 17.9. The highest BCUT2D eigenvalue weighted by molar-refractivity contribution is 5.89. The maximum Gasteiger partial charge on any atom is 0.305 e. The number of aliphatic hydroxyl groups is 1. The predicted molar refractivity (Wildman–Crippen MR) is 147 cm³/mol. The second-order valence-corrected chi connectivity index (χ2v) is 10.0. The summed E-state index contributed by atoms with van der Waals surface area (Å²) in [6.45, 7) is 10.8. The molecule has 1 aliphatic carbocycles. The van der Waals surface area contributed by atoms with Crippen LogP contribution in [0.5, 0.6) is 0 Å². The Morgan fingerprint density at radius 3 is 2.38 bits per heavy atom. The first kappa shape index (κ1) is 33.0. The molecule has 0 bridgehead atoms. The van der Waals surface area contributed by atoms with E-state index in [0.717, 1.165) is 45.3 Å². The highest BCUT2D eigenvalue weighted by Gasteiger charge is 2.42. The van der Waals surface area contributed by atoms with Gasteiger partial charge in [-0.3, -0.25) is 14.4 Å². The first-order chi connectivity index (χ1) is 17.8. The first-order valence-corrected chi connectivity index (χ1v) is 14.4. The fraction of sp³-hybridized carbons (Fsp3) is 0.767. The van der Waals surface area contributed by atoms with Crippen molar-refractivity contribution in [1.82, 2.24) is 4.90 Å². The summed E-state index contributed by atoms with van der Waals surface area (Å²) in [6.07, 6.45) is 15.3. The molecule has 1 rings (SSSR count). The molecule has 0 radical (unpaired) electrons. The second-order valence-electron chi connectivity index (χ2n) is 10.0. The van der Waals surface area contributed by atoms with E-state index in [2.05, 4.69) is 25.7 Å². The lowest BCUT2D eigenvalue weighted by molar-refractivity contribution is -0.147. The van der Waals surface area contributed by atoms with Gasteiger partial charge in [0.2, 0.25) is 0 Å². The quantitative estimate of drug-likeness (QED) is 0.0992. The van der Waals surface area contributed by atoms with Gasteiger partial charge in [-0.25, -0.2) is 0 Å². The number of carbonyl (C=O) groups is 3. The van der Waals surface area contributed by atoms with E-state index < -0.39 is 12.2 Å². The van der Waals surface area contributed by atoms with Gasteiger partial charge in [0.15, 0.2) is 5.78 Å². The number of likely N-dealkylation sites (N-methyl/N-ethyl adjacent to an activating group) is 1. The lowest BCUT2D eigenvalue weighted by atomic mass is 9.89. The summed E-state index contributed by atoms with van der Waals surface area (Å²) in [5.74, 6) is -0.792. The van der Waals surface area contributed by atoms with Crippen LogP contribution in [-0.2, 0) is 23.9 Å². The van der Waals surface area contributed by atoms with Crippen molar-refractivity contribution < 1.29 is 29.0 Å². The van der Waals surface area contributed by atoms with E-state index in [1.165, 1.54) is 19.8 Å². The number of rotatable bonds is 20. The normalized spacial score (nSPS) is 21.8. The molecule has 37 heavy (non-hydrogen) atoms. The predicted octanol–water partition coefficient (Wildman–Crippen LogP) is 5.40. The Labute approximate surface area is 224 Å². The van der Waals surface area contributed by atoms with Crippen LogP contribution >= 0.6 is 0 Å². The summed E-state index contributed by atoms with van der Waals surface area (Å²) in [7, 11) is 0. The lowest BCUT2D eigenvalue weighted by Gasteiger charge is -2.21. The van der Waals surface area contributed by atoms with E-state index >= 15 is 0 Å². The van der Waals surface area contributed by atoms with Crippen LogP contribution in [0.2, 0.25) is 0 Å². The number of ether oxygens (including phenoxy) is 2. The van der Waals surface area contributed by atoms with Gasteiger partial charge in [-0.05, 0) is 50.8 Å². The van der Waals surface area contributed by atoms with Crippen LogP contribution in [0.4, 0.5) is 0 Å². The minimum atomic E-state index is -0.603. The van der Waals surface area contributed by atoms with Crippen LogP contribution < -0.4 is 0 Å². The highest BCUT2D eigenvalue weighted by Crippen LogP contribution is 2.38. The van der Waals surface area contributed by atoms with Crippen molar-refractivity contribution in [2.24, 2.45) is 11.8 Å². The number of esters is 2. The van der Waals surface area contributed by atoms with Gasteiger partial charge in [0.25, 0.3) is 0 Å². The summed E-state index contributed by atoms with van der Waals surface area (Å²) in [6, 6.07) is 0. The van der Waals surface area contributed by atoms with Gasteiger partial charge < -0.3 is 19.5 Å². The Balaban J connectivity index is 2.50. The van der Waals surface area contributed by atoms with Gasteiger partial charge in [-0.1, -0.05) is 64.7 Å². The number of aliphatic hydroxyl groups excluding tert-OH is 1. The molecule has 0 spiro atoms. The highest BCUT2D eigenvalue weighted by atomic mass is 16.5. The summed E-state index contributed by atoms with van der Waals surface area (Å²) in [5.41, 5.74) is 0. The molecule has 0 aromatic heterocycles. The zero-order valence-corrected chi connectivity index (χ0v) is 23.7. The van der Waals surface area contributed by atoms with E-state index in [-0.39, 0.29) is 29.6 Å². The van der Waals surface area contributed by atoms with Gasteiger partial charge in [0.1, 0.15) is 12.7 Å². The van der Waals surface area contributed by atoms with Crippen molar-refractivity contribution in [2.45, 2.75) is 111 Å². The average molecular weight is 522 g/mol. The van der Waals surface area contributed by atoms with Gasteiger partial charge in [-0.2, -0.15) is 0 Å². The van der Waals surface area contributed by atoms with Crippen LogP contribution in [0, 0.1) is 11.8 Å². The molecule has 1 saturated carbocycles. The van der Waals surface area contributed by atoms with Crippen molar-refractivity contribution in [3.63, 3.8) is 0 Å². The van der Waals surface area contributed by atoms with Crippen LogP contribution in [0.1, 0.15) is 98.3 Å². The molecule has 0 aliphatic heterocycles. The van der Waals surface area contributed by atoms with Crippen molar-refractivity contribution in [3.05, 3.63) is 24.3 Å². The van der Waals surface area contributed by atoms with E-state index in [4.69, 9.17) is 9.47 Å². The Hall–Kier alpha value is -1.99. The number of carbonyl (C=O) groups excluding carboxylic acids is 3. The number of hydrogen-bond donors (Lipinski definition) is 1. The summed E-state index contributed by atoms with van der Waals surface area (Å²) >= 11 is 0. The minimum Gasteiger partial charge on any atom is -0.464 e. The average Bonchev–Trinajstić information content (AvgIpc) is 3.15. The molecule has 1 N–H and O–H groups in total. The van der Waals surface area contributed by atoms with Gasteiger partial charge in [0, 0.05) is 38.6 Å². The van der Waals surface area contributed by atoms with Crippen molar-refractivity contribution in [1.29, 1.82) is 0 Å². The molecular formula is C30H51NO6. The molecule has 1 fully saturated rings. The molecular weight excluding hydrogens is 470 g/mol. The summed E-state index contributed by atoms with van der Waals surface area (Å²) in [4.78, 5) is 38.1. The standard InChI is InChI=1S/C30H51NO6/c1-5-8-9-10-13-16-25(33)19-20-27-26(28(34)23-29(27)37-24(4)32)17-14-11-12-15-18-30(35)36-22-21-31(6-2)7-3/h11,14,19-20,26-29,34H,5-10,12-13,15-18,21-23H2,1-4H3/b14-11+,20-19+/t26-,27-,28?,29?/m1/s1. The summed E-state index contributed by atoms with van der Waals surface area (Å²) < 4.78 is 10.8. The zero-order chi connectivity index (χ0) is 27.5. The third-order valence-corrected chi connectivity index (χ3v) is 7.13. The number of allylic oxidation sites excluding steroid dienone is 3. The minimum absolute atomic E-state index is 0.0812. The zero-order valence-electron chi connectivity index (χ0n) is 23.7. The summed E-state index contributed by atoms with van der Waals surface area (Å²) in [5, 5.41) is 10.7. The largest absolute Gasteiger partial charge is 0.464 e. The topological polar surface area (TPSA) is 93.1 Å². The maximum atomic E-state index is 12.4. The Bertz CT molecular complexity index is 715. The monoisotopic (exact) mass is 521 g/mol. The number of unbranched alkanes of at least 4 members (excludes halogenated alkanes) is 5. The molecule has 2 unspecified atom stereocenters. The van der Waals surface area contributed by atoms with Gasteiger partial charge in [0.05, 0.1) is 6.10 Å². The van der Waals surface area contributed by atoms with Crippen LogP contribution in [0.15, 0.2) is 24.3 Å². The van der Waals surface area contributed by atoms with E-state index in [1.807, 2.05) is 18.2 Å². The molecule has 0 amide bonds. The molecule has 4 atom stereocenters. The van der Waals surface area contributed by atoms with Gasteiger partial charge >= 0.3 is 11.9 Å². The Morgan fingerprint density at radius 2 is 1.70 bits per heavy atom. The molecule has 0 heterocycles. The van der Waals surface area contributed by atoms with Crippen LogP contribution in [-0.4, -0.2) is 66.2 Å². The van der Waals surface area contributed by atoms with Gasteiger partial charge in [-0.15, -0.1) is 0 Å². The third kappa shape index (κ3) is 14.5. The van der Waals surface area contributed by atoms with Crippen molar-refractivity contribution in [2.75, 3.05) is 26.2 Å². The van der Waals surface area contributed by atoms with E-state index in [1.54, 1.807) is 6.08 Å². The third-order valence-electron chi connectivity index (χ3n) is 7.13. The molecule has 7 heteroatoms. The van der Waals surface area contributed by atoms with Crippen molar-refractivity contribution in [3.8, 4) is 0 Å². The smallest absolute Gasteiger partial charge is 0.305 e. The Morgan fingerprint density at radius 1 is 0.973 bits per heavy atom. The molecule has 7 nitrogen and oxygen atoms in total. The fourth-order valence-corrected chi connectivity index (χ4v) is 4.86. The lowest BCUT2D eigenvalue weighted by Crippen LogP contribution is -2.27. The molecule has 0 aromatic carbocycles. The molecule has 212 valence electrons. The number of nitrogens with zero attached hydrogens (tertiary/aromatic N) is 1. The fourth-order valence-electron chi connectivity index (χ4n) is 4.86. The van der Waals surface area contributed by atoms with E-state index in [0.29, 0.717) is 38.7 Å². The number of hydrogen-bond acceptors (Lipinski definition) is 7. The second kappa shape index (κ2) is 20.0.